The molecule has 2 aromatic heterocycles. The van der Waals surface area contributed by atoms with Crippen LogP contribution in [0.25, 0.3) is 32.9 Å². The molecule has 5 heterocycles. The summed E-state index contributed by atoms with van der Waals surface area (Å²) in [5.74, 6) is -1.48. The Balaban J connectivity index is 0.000000217. The van der Waals surface area contributed by atoms with E-state index in [1.54, 1.807) is 18.2 Å². The van der Waals surface area contributed by atoms with E-state index in [1.807, 2.05) is 13.0 Å². The molecule has 4 aromatic rings. The van der Waals surface area contributed by atoms with Crippen molar-refractivity contribution in [2.45, 2.75) is 102 Å². The van der Waals surface area contributed by atoms with Crippen molar-refractivity contribution in [2.24, 2.45) is 11.8 Å². The fourth-order valence-corrected chi connectivity index (χ4v) is 7.60. The third-order valence-electron chi connectivity index (χ3n) is 10.7. The first-order valence-corrected chi connectivity index (χ1v) is 19.5. The number of benzene rings is 2. The van der Waals surface area contributed by atoms with Crippen molar-refractivity contribution in [1.82, 2.24) is 20.2 Å². The Bertz CT molecular complexity index is 1910. The zero-order valence-corrected chi connectivity index (χ0v) is 32.3. The number of H-pyrrole nitrogens is 1. The molecule has 5 aliphatic rings. The normalized spacial score (nSPS) is 20.4. The van der Waals surface area contributed by atoms with Gasteiger partial charge < -0.3 is 20.2 Å². The molecule has 286 valence electrons. The maximum atomic E-state index is 16.2. The number of alkyl halides is 2. The Hall–Kier alpha value is -3.20. The number of pyridine rings is 1. The molecule has 2 aliphatic carbocycles. The van der Waals surface area contributed by atoms with E-state index in [9.17, 15) is 18.8 Å². The molecule has 12 heteroatoms. The number of nitriles is 1. The van der Waals surface area contributed by atoms with Gasteiger partial charge in [-0.05, 0) is 108 Å². The standard InChI is InChI=1S/C26H23Cl2FN4.C6H12F2O.C5H9N.C4H6O/c1-14-17-13-20(21-9-5-11-33(21)2)32-25(17)18-12-15(6-4-10-30)22(24(29)26(18)31-14)16-7-3-8-19(27)23(16)28;1-2-6(7,8)4-3-5-9;1-4-2-5(1)6-3-4;5-3-4-1-2-4/h3,7-8,12-13,21,32H,4-6,9,11H2,1-2H3;9H,2-5H2,1H3;4-6H,1-3H2;3-4H,1-2H2. The number of likely N-dealkylation sites (tertiary alicyclic amines) is 1. The highest BCUT2D eigenvalue weighted by molar-refractivity contribution is 6.43. The van der Waals surface area contributed by atoms with E-state index in [1.165, 1.54) is 26.3 Å². The monoisotopic (exact) mass is 771 g/mol. The van der Waals surface area contributed by atoms with Gasteiger partial charge in [-0.15, -0.1) is 0 Å². The van der Waals surface area contributed by atoms with Gasteiger partial charge in [0.15, 0.2) is 5.82 Å². The van der Waals surface area contributed by atoms with Crippen LogP contribution in [0.5, 0.6) is 0 Å². The molecule has 1 unspecified atom stereocenters. The number of aldehydes is 1. The number of aromatic nitrogens is 2. The quantitative estimate of drug-likeness (QED) is 0.146. The molecule has 1 atom stereocenters. The van der Waals surface area contributed by atoms with E-state index in [4.69, 9.17) is 28.3 Å². The summed E-state index contributed by atoms with van der Waals surface area (Å²) in [6.07, 6.45) is 9.04. The van der Waals surface area contributed by atoms with E-state index in [-0.39, 0.29) is 32.3 Å². The number of aliphatic hydroxyl groups is 1. The van der Waals surface area contributed by atoms with Crippen LogP contribution in [0, 0.1) is 35.9 Å². The van der Waals surface area contributed by atoms with Crippen LogP contribution in [-0.2, 0) is 11.2 Å². The number of halogens is 5. The summed E-state index contributed by atoms with van der Waals surface area (Å²) in [6.45, 7) is 5.58. The molecule has 0 radical (unpaired) electrons. The fourth-order valence-electron chi connectivity index (χ4n) is 7.20. The number of carbonyl (C=O) groups excluding carboxylic acids is 1. The van der Waals surface area contributed by atoms with Gasteiger partial charge in [0.1, 0.15) is 11.8 Å². The average molecular weight is 773 g/mol. The largest absolute Gasteiger partial charge is 0.396 e. The van der Waals surface area contributed by atoms with Crippen molar-refractivity contribution < 1.29 is 23.1 Å². The lowest BCUT2D eigenvalue weighted by molar-refractivity contribution is -0.108. The molecule has 0 spiro atoms. The molecule has 2 aromatic carbocycles. The molecular weight excluding hydrogens is 722 g/mol. The molecule has 3 aliphatic heterocycles. The average Bonchev–Trinajstić information content (AvgIpc) is 3.51. The van der Waals surface area contributed by atoms with Crippen molar-refractivity contribution in [3.63, 3.8) is 0 Å². The van der Waals surface area contributed by atoms with E-state index < -0.39 is 11.7 Å². The Morgan fingerprint density at radius 1 is 1.17 bits per heavy atom. The molecule has 2 bridgehead atoms. The highest BCUT2D eigenvalue weighted by Gasteiger charge is 2.35. The predicted molar refractivity (Wildman–Crippen MR) is 207 cm³/mol. The van der Waals surface area contributed by atoms with Gasteiger partial charge in [-0.3, -0.25) is 4.90 Å². The maximum Gasteiger partial charge on any atom is 0.248 e. The number of aryl methyl sites for hydroxylation is 2. The first-order chi connectivity index (χ1) is 25.4. The van der Waals surface area contributed by atoms with Crippen molar-refractivity contribution in [1.29, 1.82) is 5.26 Å². The number of carbonyl (C=O) groups is 1. The number of rotatable bonds is 9. The van der Waals surface area contributed by atoms with Crippen molar-refractivity contribution in [3.05, 3.63) is 63.1 Å². The van der Waals surface area contributed by atoms with Crippen LogP contribution in [0.15, 0.2) is 30.3 Å². The van der Waals surface area contributed by atoms with E-state index in [0.717, 1.165) is 78.2 Å². The van der Waals surface area contributed by atoms with E-state index >= 15 is 4.39 Å². The van der Waals surface area contributed by atoms with Gasteiger partial charge in [0.25, 0.3) is 0 Å². The number of nitrogens with one attached hydrogen (secondary N) is 2. The minimum Gasteiger partial charge on any atom is -0.396 e. The smallest absolute Gasteiger partial charge is 0.248 e. The summed E-state index contributed by atoms with van der Waals surface area (Å²) < 4.78 is 40.6. The molecule has 53 heavy (non-hydrogen) atoms. The Kier molecular flexibility index (Phi) is 14.2. The summed E-state index contributed by atoms with van der Waals surface area (Å²) in [5.41, 5.74) is 4.66. The van der Waals surface area contributed by atoms with Gasteiger partial charge >= 0.3 is 0 Å². The Labute approximate surface area is 320 Å². The number of aliphatic hydroxyl groups excluding tert-OH is 1. The number of hydrogen-bond donors (Lipinski definition) is 3. The number of hydrogen-bond acceptors (Lipinski definition) is 6. The SMILES string of the molecule is C1NC2CC1C2.CCC(F)(F)CCCO.Cc1nc2c(F)c(-c3cccc(Cl)c3Cl)c(CCC#N)cc2c2[nH]c(C3CCCN3C)cc12.O=CC1CC1. The highest BCUT2D eigenvalue weighted by Crippen LogP contribution is 2.42. The minimum absolute atomic E-state index is 0.132. The van der Waals surface area contributed by atoms with Crippen LogP contribution < -0.4 is 5.32 Å². The molecule has 0 amide bonds. The first-order valence-electron chi connectivity index (χ1n) is 18.7. The van der Waals surface area contributed by atoms with Gasteiger partial charge in [-0.25, -0.2) is 18.2 Å². The lowest BCUT2D eigenvalue weighted by atomic mass is 9.87. The molecule has 9 rings (SSSR count). The van der Waals surface area contributed by atoms with Crippen LogP contribution in [0.2, 0.25) is 10.0 Å². The second kappa shape index (κ2) is 18.4. The summed E-state index contributed by atoms with van der Waals surface area (Å²) >= 11 is 12.7. The topological polar surface area (TPSA) is 105 Å². The van der Waals surface area contributed by atoms with Crippen LogP contribution >= 0.6 is 23.2 Å². The Morgan fingerprint density at radius 3 is 2.45 bits per heavy atom. The fraction of sp³-hybridized carbons (Fsp3) is 0.537. The number of aromatic amines is 1. The molecule has 5 fully saturated rings. The van der Waals surface area contributed by atoms with E-state index in [0.29, 0.717) is 50.6 Å². The Morgan fingerprint density at radius 2 is 1.92 bits per heavy atom. The van der Waals surface area contributed by atoms with Crippen molar-refractivity contribution in [2.75, 3.05) is 26.7 Å². The third kappa shape index (κ3) is 10.1. The second-order valence-electron chi connectivity index (χ2n) is 14.7. The predicted octanol–water partition coefficient (Wildman–Crippen LogP) is 10.1. The maximum absolute atomic E-state index is 16.2. The molecule has 3 N–H and O–H groups in total. The lowest BCUT2D eigenvalue weighted by Crippen LogP contribution is -2.23. The highest BCUT2D eigenvalue weighted by atomic mass is 35.5. The van der Waals surface area contributed by atoms with E-state index in [2.05, 4.69) is 39.4 Å². The van der Waals surface area contributed by atoms with Gasteiger partial charge in [0.05, 0.1) is 21.6 Å². The number of nitrogens with zero attached hydrogens (tertiary/aromatic N) is 3. The zero-order valence-electron chi connectivity index (χ0n) is 30.8. The van der Waals surface area contributed by atoms with Gasteiger partial charge in [-0.1, -0.05) is 42.3 Å². The van der Waals surface area contributed by atoms with Crippen LogP contribution in [0.3, 0.4) is 0 Å². The van der Waals surface area contributed by atoms with Gasteiger partial charge in [0.2, 0.25) is 5.92 Å². The second-order valence-corrected chi connectivity index (χ2v) is 15.5. The molecule has 7 nitrogen and oxygen atoms in total. The minimum atomic E-state index is -2.57. The van der Waals surface area contributed by atoms with Crippen molar-refractivity contribution in [3.8, 4) is 17.2 Å². The van der Waals surface area contributed by atoms with Crippen molar-refractivity contribution >= 4 is 51.3 Å². The summed E-state index contributed by atoms with van der Waals surface area (Å²) in [5, 5.41) is 23.2. The van der Waals surface area contributed by atoms with Crippen LogP contribution in [-0.4, -0.2) is 65.0 Å². The summed E-state index contributed by atoms with van der Waals surface area (Å²) in [7, 11) is 2.13. The molecular formula is C41H50Cl2F3N5O2. The summed E-state index contributed by atoms with van der Waals surface area (Å²) in [4.78, 5) is 20.2. The zero-order chi connectivity index (χ0) is 38.3. The van der Waals surface area contributed by atoms with Crippen LogP contribution in [0.4, 0.5) is 13.2 Å². The number of fused-ring (bicyclic) bond motifs is 4. The molecule has 3 saturated heterocycles. The first kappa shape index (κ1) is 41.0. The molecule has 2 saturated carbocycles. The summed E-state index contributed by atoms with van der Waals surface area (Å²) in [6, 6.07) is 12.7. The van der Waals surface area contributed by atoms with Crippen LogP contribution in [0.1, 0.15) is 94.1 Å². The van der Waals surface area contributed by atoms with Gasteiger partial charge in [-0.2, -0.15) is 5.26 Å². The lowest BCUT2D eigenvalue weighted by Gasteiger charge is -2.19. The third-order valence-corrected chi connectivity index (χ3v) is 11.5. The van der Waals surface area contributed by atoms with Gasteiger partial charge in [0, 0.05) is 77.2 Å².